The summed E-state index contributed by atoms with van der Waals surface area (Å²) in [6.45, 7) is 0. The molecule has 2 heterocycles. The van der Waals surface area contributed by atoms with Crippen molar-refractivity contribution >= 4 is 17.4 Å². The van der Waals surface area contributed by atoms with Gasteiger partial charge in [0.05, 0.1) is 6.20 Å². The van der Waals surface area contributed by atoms with Gasteiger partial charge in [-0.05, 0) is 0 Å². The maximum absolute atomic E-state index is 10.9. The van der Waals surface area contributed by atoms with Crippen LogP contribution < -0.4 is 16.3 Å². The van der Waals surface area contributed by atoms with Gasteiger partial charge in [0.15, 0.2) is 0 Å². The summed E-state index contributed by atoms with van der Waals surface area (Å²) in [6.07, 6.45) is -0.129. The van der Waals surface area contributed by atoms with E-state index in [0.717, 1.165) is 0 Å². The Kier molecular flexibility index (Phi) is 1.52. The first-order valence-corrected chi connectivity index (χ1v) is 3.51. The Morgan fingerprint density at radius 1 is 1.46 bits per heavy atom. The van der Waals surface area contributed by atoms with Crippen molar-refractivity contribution in [1.29, 1.82) is 0 Å². The SMILES string of the molecule is O=C1Nc2cnc(=O)[nH]c2N[C@@H]1O. The van der Waals surface area contributed by atoms with Gasteiger partial charge in [0, 0.05) is 0 Å². The molecule has 13 heavy (non-hydrogen) atoms. The Balaban J connectivity index is 2.48. The zero-order chi connectivity index (χ0) is 9.42. The largest absolute Gasteiger partial charge is 0.365 e. The molecule has 0 spiro atoms. The second-order valence-electron chi connectivity index (χ2n) is 2.51. The number of rotatable bonds is 0. The third kappa shape index (κ3) is 1.25. The molecular weight excluding hydrogens is 176 g/mol. The van der Waals surface area contributed by atoms with E-state index in [-0.39, 0.29) is 5.82 Å². The first-order chi connectivity index (χ1) is 6.16. The smallest absolute Gasteiger partial charge is 0.346 e. The highest BCUT2D eigenvalue weighted by atomic mass is 16.3. The van der Waals surface area contributed by atoms with Crippen molar-refractivity contribution in [1.82, 2.24) is 9.97 Å². The molecule has 0 radical (unpaired) electrons. The molecule has 0 saturated heterocycles. The molecule has 1 aliphatic rings. The van der Waals surface area contributed by atoms with Gasteiger partial charge in [-0.15, -0.1) is 0 Å². The predicted molar refractivity (Wildman–Crippen MR) is 43.1 cm³/mol. The molecule has 7 nitrogen and oxygen atoms in total. The van der Waals surface area contributed by atoms with E-state index in [1.807, 2.05) is 0 Å². The number of carbonyl (C=O) groups excluding carboxylic acids is 1. The highest BCUT2D eigenvalue weighted by Crippen LogP contribution is 2.19. The number of hydrogen-bond acceptors (Lipinski definition) is 5. The zero-order valence-corrected chi connectivity index (χ0v) is 6.37. The van der Waals surface area contributed by atoms with Gasteiger partial charge in [0.1, 0.15) is 11.5 Å². The fraction of sp³-hybridized carbons (Fsp3) is 0.167. The topological polar surface area (TPSA) is 107 Å². The molecule has 68 valence electrons. The number of nitrogens with zero attached hydrogens (tertiary/aromatic N) is 1. The predicted octanol–water partition coefficient (Wildman–Crippen LogP) is -1.55. The van der Waals surface area contributed by atoms with Crippen molar-refractivity contribution in [2.45, 2.75) is 6.23 Å². The molecule has 0 aliphatic carbocycles. The van der Waals surface area contributed by atoms with E-state index in [4.69, 9.17) is 5.11 Å². The van der Waals surface area contributed by atoms with Crippen LogP contribution in [-0.4, -0.2) is 27.2 Å². The highest BCUT2D eigenvalue weighted by molar-refractivity contribution is 6.00. The molecule has 4 N–H and O–H groups in total. The number of fused-ring (bicyclic) bond motifs is 1. The minimum absolute atomic E-state index is 0.257. The molecule has 7 heteroatoms. The van der Waals surface area contributed by atoms with E-state index < -0.39 is 17.8 Å². The highest BCUT2D eigenvalue weighted by Gasteiger charge is 2.23. The van der Waals surface area contributed by atoms with Crippen LogP contribution in [0, 0.1) is 0 Å². The summed E-state index contributed by atoms with van der Waals surface area (Å²) in [5.41, 5.74) is -0.204. The summed E-state index contributed by atoms with van der Waals surface area (Å²) in [7, 11) is 0. The fourth-order valence-electron chi connectivity index (χ4n) is 1.01. The molecule has 0 unspecified atom stereocenters. The summed E-state index contributed by atoms with van der Waals surface area (Å²) in [4.78, 5) is 27.4. The second kappa shape index (κ2) is 2.56. The van der Waals surface area contributed by atoms with Gasteiger partial charge in [0.25, 0.3) is 5.91 Å². The quantitative estimate of drug-likeness (QED) is 0.388. The molecule has 0 aromatic carbocycles. The molecule has 0 fully saturated rings. The molecule has 2 rings (SSSR count). The Bertz CT molecular complexity index is 413. The lowest BCUT2D eigenvalue weighted by atomic mass is 10.3. The number of amides is 1. The van der Waals surface area contributed by atoms with Crippen LogP contribution in [-0.2, 0) is 4.79 Å². The van der Waals surface area contributed by atoms with Gasteiger partial charge in [-0.3, -0.25) is 9.78 Å². The van der Waals surface area contributed by atoms with Crippen LogP contribution in [0.5, 0.6) is 0 Å². The molecular formula is C6H6N4O3. The van der Waals surface area contributed by atoms with E-state index in [2.05, 4.69) is 20.6 Å². The number of H-pyrrole nitrogens is 1. The van der Waals surface area contributed by atoms with Crippen LogP contribution in [0.25, 0.3) is 0 Å². The molecule has 1 atom stereocenters. The van der Waals surface area contributed by atoms with Crippen molar-refractivity contribution in [3.05, 3.63) is 16.7 Å². The number of hydrogen-bond donors (Lipinski definition) is 4. The van der Waals surface area contributed by atoms with Gasteiger partial charge < -0.3 is 15.7 Å². The van der Waals surface area contributed by atoms with E-state index in [1.165, 1.54) is 6.20 Å². The lowest BCUT2D eigenvalue weighted by Crippen LogP contribution is -2.39. The second-order valence-corrected chi connectivity index (χ2v) is 2.51. The monoisotopic (exact) mass is 182 g/mol. The molecule has 0 saturated carbocycles. The van der Waals surface area contributed by atoms with Gasteiger partial charge >= 0.3 is 5.69 Å². The van der Waals surface area contributed by atoms with Crippen LogP contribution in [0.3, 0.4) is 0 Å². The van der Waals surface area contributed by atoms with Gasteiger partial charge in [-0.2, -0.15) is 4.98 Å². The van der Waals surface area contributed by atoms with Crippen LogP contribution in [0.2, 0.25) is 0 Å². The number of anilines is 2. The summed E-state index contributed by atoms with van der Waals surface area (Å²) < 4.78 is 0. The molecule has 0 bridgehead atoms. The zero-order valence-electron chi connectivity index (χ0n) is 6.37. The van der Waals surface area contributed by atoms with Crippen LogP contribution in [0.15, 0.2) is 11.0 Å². The first kappa shape index (κ1) is 7.74. The molecule has 1 aromatic heterocycles. The van der Waals surface area contributed by atoms with E-state index in [0.29, 0.717) is 5.69 Å². The fourth-order valence-corrected chi connectivity index (χ4v) is 1.01. The standard InChI is InChI=1S/C6H6N4O3/c11-4-5(12)9-3-2(8-4)1-7-6(13)10-3/h1,5,12H,(H,8,11)(H2,7,9,10,13)/t5-/m1/s1. The van der Waals surface area contributed by atoms with E-state index in [9.17, 15) is 9.59 Å². The summed E-state index contributed by atoms with van der Waals surface area (Å²) in [6, 6.07) is 0. The Morgan fingerprint density at radius 3 is 3.00 bits per heavy atom. The number of aliphatic hydroxyl groups excluding tert-OH is 1. The van der Waals surface area contributed by atoms with E-state index in [1.54, 1.807) is 0 Å². The van der Waals surface area contributed by atoms with Gasteiger partial charge in [-0.25, -0.2) is 4.79 Å². The number of nitrogens with one attached hydrogen (secondary N) is 3. The number of aliphatic hydroxyl groups is 1. The molecule has 1 aromatic rings. The number of aromatic nitrogens is 2. The Morgan fingerprint density at radius 2 is 2.23 bits per heavy atom. The van der Waals surface area contributed by atoms with Crippen LogP contribution in [0.4, 0.5) is 11.5 Å². The van der Waals surface area contributed by atoms with Gasteiger partial charge in [0.2, 0.25) is 6.23 Å². The lowest BCUT2D eigenvalue weighted by Gasteiger charge is -2.21. The van der Waals surface area contributed by atoms with Crippen molar-refractivity contribution < 1.29 is 9.90 Å². The van der Waals surface area contributed by atoms with Crippen molar-refractivity contribution in [2.75, 3.05) is 10.6 Å². The molecule has 1 aliphatic heterocycles. The average Bonchev–Trinajstić information content (AvgIpc) is 2.08. The van der Waals surface area contributed by atoms with Crippen molar-refractivity contribution in [2.24, 2.45) is 0 Å². The minimum Gasteiger partial charge on any atom is -0.365 e. The van der Waals surface area contributed by atoms with Crippen molar-refractivity contribution in [3.63, 3.8) is 0 Å². The maximum Gasteiger partial charge on any atom is 0.346 e. The average molecular weight is 182 g/mol. The van der Waals surface area contributed by atoms with Gasteiger partial charge in [-0.1, -0.05) is 0 Å². The molecule has 1 amide bonds. The third-order valence-electron chi connectivity index (χ3n) is 1.60. The Hall–Kier alpha value is -1.89. The summed E-state index contributed by atoms with van der Waals surface area (Å²) in [5.74, 6) is -0.326. The normalized spacial score (nSPS) is 20.1. The van der Waals surface area contributed by atoms with Crippen molar-refractivity contribution in [3.8, 4) is 0 Å². The minimum atomic E-state index is -1.34. The number of carbonyl (C=O) groups is 1. The van der Waals surface area contributed by atoms with Crippen LogP contribution in [0.1, 0.15) is 0 Å². The van der Waals surface area contributed by atoms with Crippen LogP contribution >= 0.6 is 0 Å². The summed E-state index contributed by atoms with van der Waals surface area (Å²) >= 11 is 0. The Labute approximate surface area is 71.8 Å². The van der Waals surface area contributed by atoms with E-state index >= 15 is 0 Å². The number of aromatic amines is 1. The maximum atomic E-state index is 10.9. The third-order valence-corrected chi connectivity index (χ3v) is 1.60. The first-order valence-electron chi connectivity index (χ1n) is 3.51. The lowest BCUT2D eigenvalue weighted by molar-refractivity contribution is -0.123. The summed E-state index contributed by atoms with van der Waals surface area (Å²) in [5, 5.41) is 13.8.